The van der Waals surface area contributed by atoms with E-state index in [1.807, 2.05) is 32.3 Å². The van der Waals surface area contributed by atoms with Crippen molar-refractivity contribution in [2.75, 3.05) is 48.9 Å². The van der Waals surface area contributed by atoms with E-state index in [4.69, 9.17) is 5.73 Å². The van der Waals surface area contributed by atoms with Gasteiger partial charge in [0.15, 0.2) is 0 Å². The van der Waals surface area contributed by atoms with Gasteiger partial charge in [0.1, 0.15) is 5.82 Å². The zero-order valence-corrected chi connectivity index (χ0v) is 20.5. The lowest BCUT2D eigenvalue weighted by molar-refractivity contribution is -0.117. The summed E-state index contributed by atoms with van der Waals surface area (Å²) in [6, 6.07) is 10.8. The minimum Gasteiger partial charge on any atom is -0.398 e. The van der Waals surface area contributed by atoms with Gasteiger partial charge in [-0.15, -0.1) is 0 Å². The predicted octanol–water partition coefficient (Wildman–Crippen LogP) is 3.70. The molecule has 36 heavy (non-hydrogen) atoms. The Morgan fingerprint density at radius 1 is 1.03 bits per heavy atom. The molecule has 3 aromatic rings. The second-order valence-electron chi connectivity index (χ2n) is 9.12. The van der Waals surface area contributed by atoms with E-state index in [0.29, 0.717) is 22.6 Å². The number of hydrogen-bond donors (Lipinski definition) is 4. The van der Waals surface area contributed by atoms with Crippen molar-refractivity contribution < 1.29 is 9.59 Å². The van der Waals surface area contributed by atoms with Crippen LogP contribution in [0, 0.1) is 5.92 Å². The first-order valence-electron chi connectivity index (χ1n) is 11.8. The molecule has 0 unspecified atom stereocenters. The Balaban J connectivity index is 1.43. The van der Waals surface area contributed by atoms with Crippen LogP contribution in [0.15, 0.2) is 61.6 Å². The lowest BCUT2D eigenvalue weighted by Crippen LogP contribution is -2.21. The number of rotatable bonds is 10. The monoisotopic (exact) mass is 485 g/mol. The fraction of sp³-hybridized carbons (Fsp3) is 0.259. The topological polar surface area (TPSA) is 125 Å². The van der Waals surface area contributed by atoms with E-state index in [2.05, 4.69) is 37.4 Å². The smallest absolute Gasteiger partial charge is 0.255 e. The van der Waals surface area contributed by atoms with Crippen LogP contribution >= 0.6 is 0 Å². The minimum atomic E-state index is -0.377. The van der Waals surface area contributed by atoms with Crippen molar-refractivity contribution in [1.82, 2.24) is 14.9 Å². The van der Waals surface area contributed by atoms with Crippen molar-refractivity contribution in [3.8, 4) is 11.1 Å². The Morgan fingerprint density at radius 2 is 1.83 bits per heavy atom. The molecule has 1 aliphatic rings. The third-order valence-electron chi connectivity index (χ3n) is 5.83. The molecule has 1 saturated carbocycles. The molecule has 4 rings (SSSR count). The molecule has 186 valence electrons. The van der Waals surface area contributed by atoms with E-state index in [-0.39, 0.29) is 23.3 Å². The number of aromatic nitrogens is 2. The van der Waals surface area contributed by atoms with Gasteiger partial charge in [0.05, 0.1) is 23.8 Å². The summed E-state index contributed by atoms with van der Waals surface area (Å²) < 4.78 is 0. The summed E-state index contributed by atoms with van der Waals surface area (Å²) in [5.74, 6) is 0.473. The average molecular weight is 486 g/mol. The molecule has 9 heteroatoms. The van der Waals surface area contributed by atoms with Crippen molar-refractivity contribution in [3.63, 3.8) is 0 Å². The Labute approximate surface area is 210 Å². The van der Waals surface area contributed by atoms with E-state index in [1.165, 1.54) is 0 Å². The van der Waals surface area contributed by atoms with Gasteiger partial charge in [-0.2, -0.15) is 0 Å². The molecule has 2 amide bonds. The van der Waals surface area contributed by atoms with Gasteiger partial charge in [-0.25, -0.2) is 4.98 Å². The number of likely N-dealkylation sites (N-methyl/N-ethyl adjacent to an activating group) is 1. The number of nitrogens with two attached hydrogens (primary N) is 1. The summed E-state index contributed by atoms with van der Waals surface area (Å²) in [4.78, 5) is 35.7. The predicted molar refractivity (Wildman–Crippen MR) is 144 cm³/mol. The van der Waals surface area contributed by atoms with Crippen LogP contribution in [0.5, 0.6) is 0 Å². The fourth-order valence-corrected chi connectivity index (χ4v) is 3.56. The highest BCUT2D eigenvalue weighted by atomic mass is 16.2. The van der Waals surface area contributed by atoms with Crippen LogP contribution in [0.25, 0.3) is 16.7 Å². The number of nitrogens with one attached hydrogen (secondary N) is 3. The number of pyridine rings is 2. The summed E-state index contributed by atoms with van der Waals surface area (Å²) in [6.45, 7) is 5.62. The number of hydrogen-bond acceptors (Lipinski definition) is 7. The van der Waals surface area contributed by atoms with Crippen LogP contribution in [0.3, 0.4) is 0 Å². The lowest BCUT2D eigenvalue weighted by Gasteiger charge is -2.13. The number of nitrogen functional groups attached to an aromatic ring is 1. The number of benzene rings is 1. The van der Waals surface area contributed by atoms with Crippen LogP contribution < -0.4 is 21.7 Å². The van der Waals surface area contributed by atoms with E-state index >= 15 is 0 Å². The first-order chi connectivity index (χ1) is 17.3. The Morgan fingerprint density at radius 3 is 2.53 bits per heavy atom. The van der Waals surface area contributed by atoms with Gasteiger partial charge in [-0.05, 0) is 62.8 Å². The Hall–Kier alpha value is -4.24. The van der Waals surface area contributed by atoms with Gasteiger partial charge in [0.2, 0.25) is 5.91 Å². The SMILES string of the molecule is C=C(C(=O)Nc1ccc(NCCN(C)C)nc1)c1cc(-c2cncc(NC(=O)C3CC3)c2)ccc1N. The molecule has 0 atom stereocenters. The van der Waals surface area contributed by atoms with Crippen LogP contribution in [0.4, 0.5) is 22.9 Å². The first-order valence-corrected chi connectivity index (χ1v) is 11.8. The maximum absolute atomic E-state index is 12.9. The zero-order chi connectivity index (χ0) is 25.7. The number of carbonyl (C=O) groups is 2. The molecule has 9 nitrogen and oxygen atoms in total. The summed E-state index contributed by atoms with van der Waals surface area (Å²) in [5.41, 5.74) is 10.1. The standard InChI is InChI=1S/C27H31N7O2/c1-17(26(35)32-21-7-9-25(31-16-21)30-10-11-34(2)3)23-13-19(6-8-24(23)28)20-12-22(15-29-14-20)33-27(36)18-4-5-18/h6-9,12-16,18H,1,4-5,10-11,28H2,2-3H3,(H,30,31)(H,32,35)(H,33,36). The van der Waals surface area contributed by atoms with Crippen LogP contribution in [0.1, 0.15) is 18.4 Å². The maximum atomic E-state index is 12.9. The van der Waals surface area contributed by atoms with Gasteiger partial charge in [-0.1, -0.05) is 12.6 Å². The van der Waals surface area contributed by atoms with Gasteiger partial charge < -0.3 is 26.6 Å². The van der Waals surface area contributed by atoms with Crippen LogP contribution in [-0.4, -0.2) is 53.9 Å². The van der Waals surface area contributed by atoms with Crippen molar-refractivity contribution >= 4 is 40.3 Å². The van der Waals surface area contributed by atoms with Gasteiger partial charge in [-0.3, -0.25) is 14.6 Å². The molecular weight excluding hydrogens is 454 g/mol. The van der Waals surface area contributed by atoms with Gasteiger partial charge >= 0.3 is 0 Å². The summed E-state index contributed by atoms with van der Waals surface area (Å²) in [6.07, 6.45) is 6.77. The van der Waals surface area contributed by atoms with E-state index < -0.39 is 0 Å². The van der Waals surface area contributed by atoms with Crippen molar-refractivity contribution in [1.29, 1.82) is 0 Å². The second kappa shape index (κ2) is 11.0. The minimum absolute atomic E-state index is 0.0175. The fourth-order valence-electron chi connectivity index (χ4n) is 3.56. The molecule has 2 aromatic heterocycles. The third-order valence-corrected chi connectivity index (χ3v) is 5.83. The highest BCUT2D eigenvalue weighted by molar-refractivity contribution is 6.25. The van der Waals surface area contributed by atoms with Crippen LogP contribution in [-0.2, 0) is 9.59 Å². The largest absolute Gasteiger partial charge is 0.398 e. The van der Waals surface area contributed by atoms with E-state index in [9.17, 15) is 9.59 Å². The first kappa shape index (κ1) is 24.9. The van der Waals surface area contributed by atoms with Crippen molar-refractivity contribution in [2.24, 2.45) is 5.92 Å². The molecule has 1 aliphatic carbocycles. The number of nitrogens with zero attached hydrogens (tertiary/aromatic N) is 3. The Kier molecular flexibility index (Phi) is 7.60. The molecule has 0 saturated heterocycles. The number of amides is 2. The maximum Gasteiger partial charge on any atom is 0.255 e. The molecule has 1 fully saturated rings. The molecule has 0 aliphatic heterocycles. The van der Waals surface area contributed by atoms with E-state index in [0.717, 1.165) is 42.9 Å². The Bertz CT molecular complexity index is 1270. The highest BCUT2D eigenvalue weighted by Crippen LogP contribution is 2.32. The molecule has 2 heterocycles. The van der Waals surface area contributed by atoms with Gasteiger partial charge in [0.25, 0.3) is 5.91 Å². The third kappa shape index (κ3) is 6.45. The number of carbonyl (C=O) groups excluding carboxylic acids is 2. The zero-order valence-electron chi connectivity index (χ0n) is 20.5. The summed E-state index contributed by atoms with van der Waals surface area (Å²) in [5, 5.41) is 8.96. The molecule has 5 N–H and O–H groups in total. The normalized spacial score (nSPS) is 12.8. The molecule has 0 bridgehead atoms. The molecular formula is C27H31N7O2. The van der Waals surface area contributed by atoms with Crippen molar-refractivity contribution in [3.05, 3.63) is 67.1 Å². The average Bonchev–Trinajstić information content (AvgIpc) is 3.71. The lowest BCUT2D eigenvalue weighted by atomic mass is 9.98. The molecule has 1 aromatic carbocycles. The highest BCUT2D eigenvalue weighted by Gasteiger charge is 2.29. The molecule has 0 radical (unpaired) electrons. The number of anilines is 4. The van der Waals surface area contributed by atoms with Gasteiger partial charge in [0, 0.05) is 47.6 Å². The van der Waals surface area contributed by atoms with Crippen molar-refractivity contribution in [2.45, 2.75) is 12.8 Å². The van der Waals surface area contributed by atoms with E-state index in [1.54, 1.807) is 36.8 Å². The van der Waals surface area contributed by atoms with Crippen LogP contribution in [0.2, 0.25) is 0 Å². The summed E-state index contributed by atoms with van der Waals surface area (Å²) in [7, 11) is 4.01. The second-order valence-corrected chi connectivity index (χ2v) is 9.12. The summed E-state index contributed by atoms with van der Waals surface area (Å²) >= 11 is 0. The molecule has 0 spiro atoms. The quantitative estimate of drug-likeness (QED) is 0.255.